The highest BCUT2D eigenvalue weighted by Gasteiger charge is 2.21. The van der Waals surface area contributed by atoms with Crippen LogP contribution < -0.4 is 10.5 Å². The van der Waals surface area contributed by atoms with Crippen LogP contribution in [0.15, 0.2) is 70.2 Å². The number of nitrogens with one attached hydrogen (secondary N) is 1. The number of hydrogen-bond donors (Lipinski definition) is 3. The van der Waals surface area contributed by atoms with Crippen LogP contribution in [0.2, 0.25) is 0 Å². The van der Waals surface area contributed by atoms with Crippen LogP contribution in [0.3, 0.4) is 0 Å². The van der Waals surface area contributed by atoms with Crippen LogP contribution >= 0.6 is 0 Å². The maximum absolute atomic E-state index is 13.1. The number of carbonyl (C=O) groups excluding carboxylic acids is 1. The second-order valence-electron chi connectivity index (χ2n) is 7.52. The number of fused-ring (bicyclic) bond motifs is 1. The second-order valence-corrected chi connectivity index (χ2v) is 9.08. The first-order chi connectivity index (χ1) is 15.2. The largest absolute Gasteiger partial charge is 0.508 e. The van der Waals surface area contributed by atoms with E-state index in [0.29, 0.717) is 30.5 Å². The van der Waals surface area contributed by atoms with Gasteiger partial charge in [0.2, 0.25) is 10.0 Å². The third kappa shape index (κ3) is 4.39. The molecule has 4 N–H and O–H groups in total. The predicted octanol–water partition coefficient (Wildman–Crippen LogP) is 2.92. The van der Waals surface area contributed by atoms with Gasteiger partial charge in [-0.1, -0.05) is 12.1 Å². The average Bonchev–Trinajstić information content (AvgIpc) is 3.34. The number of amides is 1. The molecule has 9 heteroatoms. The lowest BCUT2D eigenvalue weighted by molar-refractivity contribution is 0.0955. The Kier molecular flexibility index (Phi) is 5.77. The van der Waals surface area contributed by atoms with Gasteiger partial charge in [0.1, 0.15) is 11.5 Å². The van der Waals surface area contributed by atoms with Crippen molar-refractivity contribution in [3.63, 3.8) is 0 Å². The fourth-order valence-corrected chi connectivity index (χ4v) is 4.29. The topological polar surface area (TPSA) is 128 Å². The Bertz CT molecular complexity index is 1370. The van der Waals surface area contributed by atoms with E-state index in [1.807, 2.05) is 23.6 Å². The molecule has 2 heterocycles. The molecule has 2 aromatic heterocycles. The van der Waals surface area contributed by atoms with Crippen LogP contribution in [0.1, 0.15) is 27.4 Å². The van der Waals surface area contributed by atoms with E-state index in [0.717, 1.165) is 22.5 Å². The van der Waals surface area contributed by atoms with Gasteiger partial charge in [0.15, 0.2) is 0 Å². The molecule has 32 heavy (non-hydrogen) atoms. The standard InChI is InChI=1S/C23H23N3O5S/c1-15-22(23(28)25-11-10-16-4-7-19(8-5-16)32(24,29)30)20-13-17(27)6-9-21(20)26(15)14-18-3-2-12-31-18/h2-9,12-13,27H,10-11,14H2,1H3,(H,25,28)(H2,24,29,30). The van der Waals surface area contributed by atoms with E-state index in [1.165, 1.54) is 12.1 Å². The number of hydrogen-bond acceptors (Lipinski definition) is 5. The number of phenolic OH excluding ortho intramolecular Hbond substituents is 1. The smallest absolute Gasteiger partial charge is 0.253 e. The van der Waals surface area contributed by atoms with Crippen LogP contribution in [-0.4, -0.2) is 30.5 Å². The van der Waals surface area contributed by atoms with Crippen molar-refractivity contribution < 1.29 is 22.7 Å². The second kappa shape index (κ2) is 8.52. The van der Waals surface area contributed by atoms with Crippen molar-refractivity contribution in [1.29, 1.82) is 0 Å². The number of sulfonamides is 1. The molecule has 166 valence electrons. The molecule has 4 rings (SSSR count). The molecule has 0 atom stereocenters. The molecule has 0 aliphatic carbocycles. The summed E-state index contributed by atoms with van der Waals surface area (Å²) < 4.78 is 30.2. The first kappa shape index (κ1) is 21.7. The number of nitrogens with two attached hydrogens (primary N) is 1. The molecule has 0 spiro atoms. The number of benzene rings is 2. The third-order valence-electron chi connectivity index (χ3n) is 5.38. The van der Waals surface area contributed by atoms with Crippen molar-refractivity contribution in [3.8, 4) is 5.75 Å². The van der Waals surface area contributed by atoms with Gasteiger partial charge in [-0.2, -0.15) is 0 Å². The van der Waals surface area contributed by atoms with E-state index in [9.17, 15) is 18.3 Å². The summed E-state index contributed by atoms with van der Waals surface area (Å²) >= 11 is 0. The summed E-state index contributed by atoms with van der Waals surface area (Å²) in [6, 6.07) is 14.9. The Balaban J connectivity index is 1.54. The molecule has 8 nitrogen and oxygen atoms in total. The fourth-order valence-electron chi connectivity index (χ4n) is 3.77. The van der Waals surface area contributed by atoms with Gasteiger partial charge in [-0.3, -0.25) is 4.79 Å². The van der Waals surface area contributed by atoms with Crippen molar-refractivity contribution in [2.45, 2.75) is 24.8 Å². The number of primary sulfonamides is 1. The van der Waals surface area contributed by atoms with E-state index >= 15 is 0 Å². The third-order valence-corrected chi connectivity index (χ3v) is 6.31. The molecule has 0 bridgehead atoms. The van der Waals surface area contributed by atoms with Gasteiger partial charge in [0.25, 0.3) is 5.91 Å². The lowest BCUT2D eigenvalue weighted by atomic mass is 10.1. The lowest BCUT2D eigenvalue weighted by Crippen LogP contribution is -2.26. The Hall–Kier alpha value is -3.56. The van der Waals surface area contributed by atoms with E-state index in [4.69, 9.17) is 9.56 Å². The Morgan fingerprint density at radius 3 is 2.56 bits per heavy atom. The SMILES string of the molecule is Cc1c(C(=O)NCCc2ccc(S(N)(=O)=O)cc2)c2cc(O)ccc2n1Cc1ccco1. The minimum atomic E-state index is -3.73. The average molecular weight is 454 g/mol. The van der Waals surface area contributed by atoms with Crippen molar-refractivity contribution >= 4 is 26.8 Å². The molecule has 0 aliphatic heterocycles. The molecule has 0 fully saturated rings. The van der Waals surface area contributed by atoms with Crippen LogP contribution in [-0.2, 0) is 23.0 Å². The van der Waals surface area contributed by atoms with Crippen LogP contribution in [0.4, 0.5) is 0 Å². The van der Waals surface area contributed by atoms with Gasteiger partial charge < -0.3 is 19.4 Å². The normalized spacial score (nSPS) is 11.7. The molecule has 0 aliphatic rings. The fraction of sp³-hybridized carbons (Fsp3) is 0.174. The summed E-state index contributed by atoms with van der Waals surface area (Å²) in [5, 5.41) is 18.7. The van der Waals surface area contributed by atoms with Gasteiger partial charge in [0, 0.05) is 23.1 Å². The van der Waals surface area contributed by atoms with E-state index in [-0.39, 0.29) is 16.6 Å². The summed E-state index contributed by atoms with van der Waals surface area (Å²) in [5.41, 5.74) is 2.94. The van der Waals surface area contributed by atoms with Crippen LogP contribution in [0.5, 0.6) is 5.75 Å². The number of aromatic hydroxyl groups is 1. The van der Waals surface area contributed by atoms with Crippen molar-refractivity contribution in [2.75, 3.05) is 6.54 Å². The van der Waals surface area contributed by atoms with Crippen molar-refractivity contribution in [3.05, 3.63) is 83.4 Å². The summed E-state index contributed by atoms with van der Waals surface area (Å²) in [6.07, 6.45) is 2.12. The molecule has 0 unspecified atom stereocenters. The predicted molar refractivity (Wildman–Crippen MR) is 120 cm³/mol. The summed E-state index contributed by atoms with van der Waals surface area (Å²) in [4.78, 5) is 13.1. The Labute approximate surface area is 185 Å². The summed E-state index contributed by atoms with van der Waals surface area (Å²) in [6.45, 7) is 2.68. The zero-order chi connectivity index (χ0) is 22.9. The molecule has 0 radical (unpaired) electrons. The van der Waals surface area contributed by atoms with Gasteiger partial charge in [-0.05, 0) is 61.4 Å². The Morgan fingerprint density at radius 2 is 1.91 bits per heavy atom. The van der Waals surface area contributed by atoms with Crippen molar-refractivity contribution in [1.82, 2.24) is 9.88 Å². The van der Waals surface area contributed by atoms with Gasteiger partial charge in [-0.15, -0.1) is 0 Å². The molecule has 0 saturated heterocycles. The quantitative estimate of drug-likeness (QED) is 0.396. The summed E-state index contributed by atoms with van der Waals surface area (Å²) in [7, 11) is -3.73. The van der Waals surface area contributed by atoms with E-state index < -0.39 is 10.0 Å². The van der Waals surface area contributed by atoms with Crippen LogP contribution in [0, 0.1) is 6.92 Å². The molecular formula is C23H23N3O5S. The monoisotopic (exact) mass is 453 g/mol. The first-order valence-electron chi connectivity index (χ1n) is 9.98. The highest BCUT2D eigenvalue weighted by molar-refractivity contribution is 7.89. The zero-order valence-corrected chi connectivity index (χ0v) is 18.2. The Morgan fingerprint density at radius 1 is 1.16 bits per heavy atom. The molecular weight excluding hydrogens is 430 g/mol. The highest BCUT2D eigenvalue weighted by atomic mass is 32.2. The molecule has 1 amide bonds. The van der Waals surface area contributed by atoms with E-state index in [1.54, 1.807) is 36.6 Å². The van der Waals surface area contributed by atoms with Crippen molar-refractivity contribution in [2.24, 2.45) is 5.14 Å². The number of aromatic nitrogens is 1. The van der Waals surface area contributed by atoms with Crippen LogP contribution in [0.25, 0.3) is 10.9 Å². The minimum Gasteiger partial charge on any atom is -0.508 e. The maximum atomic E-state index is 13.1. The first-order valence-corrected chi connectivity index (χ1v) is 11.5. The molecule has 4 aromatic rings. The maximum Gasteiger partial charge on any atom is 0.253 e. The number of furan rings is 1. The number of carbonyl (C=O) groups is 1. The summed E-state index contributed by atoms with van der Waals surface area (Å²) in [5.74, 6) is 0.585. The molecule has 0 saturated carbocycles. The lowest BCUT2D eigenvalue weighted by Gasteiger charge is -2.08. The van der Waals surface area contributed by atoms with E-state index in [2.05, 4.69) is 5.32 Å². The number of rotatable bonds is 7. The highest BCUT2D eigenvalue weighted by Crippen LogP contribution is 2.30. The minimum absolute atomic E-state index is 0.0464. The van der Waals surface area contributed by atoms with Gasteiger partial charge >= 0.3 is 0 Å². The number of phenols is 1. The zero-order valence-electron chi connectivity index (χ0n) is 17.4. The van der Waals surface area contributed by atoms with Gasteiger partial charge in [-0.25, -0.2) is 13.6 Å². The molecule has 2 aromatic carbocycles. The van der Waals surface area contributed by atoms with Gasteiger partial charge in [0.05, 0.1) is 23.3 Å². The number of nitrogens with zero attached hydrogens (tertiary/aromatic N) is 1.